The van der Waals surface area contributed by atoms with Gasteiger partial charge in [0, 0.05) is 0 Å². The molecule has 0 amide bonds. The van der Waals surface area contributed by atoms with Crippen LogP contribution in [0.25, 0.3) is 5.57 Å². The van der Waals surface area contributed by atoms with Crippen LogP contribution in [0.3, 0.4) is 0 Å². The molecule has 2 aliphatic rings. The lowest BCUT2D eigenvalue weighted by Gasteiger charge is -2.11. The van der Waals surface area contributed by atoms with Gasteiger partial charge in [0.2, 0.25) is 0 Å². The van der Waals surface area contributed by atoms with E-state index in [-0.39, 0.29) is 0 Å². The van der Waals surface area contributed by atoms with Crippen molar-refractivity contribution in [1.82, 2.24) is 0 Å². The molecule has 0 bridgehead atoms. The van der Waals surface area contributed by atoms with Crippen molar-refractivity contribution in [2.45, 2.75) is 46.5 Å². The van der Waals surface area contributed by atoms with Gasteiger partial charge < -0.3 is 0 Å². The molecule has 17 heavy (non-hydrogen) atoms. The van der Waals surface area contributed by atoms with Crippen molar-refractivity contribution in [1.29, 1.82) is 0 Å². The molecule has 2 unspecified atom stereocenters. The summed E-state index contributed by atoms with van der Waals surface area (Å²) in [4.78, 5) is 0. The molecule has 0 N–H and O–H groups in total. The van der Waals surface area contributed by atoms with E-state index < -0.39 is 0 Å². The molecule has 2 aliphatic carbocycles. The zero-order valence-electron chi connectivity index (χ0n) is 11.2. The highest BCUT2D eigenvalue weighted by atomic mass is 14.4. The van der Waals surface area contributed by atoms with E-state index in [0.29, 0.717) is 0 Å². The summed E-state index contributed by atoms with van der Waals surface area (Å²) in [5.41, 5.74) is 7.95. The van der Waals surface area contributed by atoms with Crippen molar-refractivity contribution in [3.05, 3.63) is 40.5 Å². The first-order valence-electron chi connectivity index (χ1n) is 7.02. The van der Waals surface area contributed by atoms with Crippen LogP contribution in [0.2, 0.25) is 0 Å². The van der Waals surface area contributed by atoms with Gasteiger partial charge >= 0.3 is 0 Å². The second-order valence-corrected chi connectivity index (χ2v) is 5.83. The summed E-state index contributed by atoms with van der Waals surface area (Å²) in [6.45, 7) is 6.88. The van der Waals surface area contributed by atoms with E-state index in [1.54, 1.807) is 11.1 Å². The topological polar surface area (TPSA) is 0 Å². The Morgan fingerprint density at radius 3 is 2.53 bits per heavy atom. The second-order valence-electron chi connectivity index (χ2n) is 5.83. The molecule has 2 atom stereocenters. The van der Waals surface area contributed by atoms with E-state index in [2.05, 4.69) is 39.0 Å². The maximum Gasteiger partial charge on any atom is -0.0128 e. The third-order valence-corrected chi connectivity index (χ3v) is 4.40. The molecule has 0 spiro atoms. The minimum Gasteiger partial charge on any atom is -0.0655 e. The predicted molar refractivity (Wildman–Crippen MR) is 74.0 cm³/mol. The summed E-state index contributed by atoms with van der Waals surface area (Å²) in [7, 11) is 0. The predicted octanol–water partition coefficient (Wildman–Crippen LogP) is 4.76. The third kappa shape index (κ3) is 2.06. The molecule has 2 saturated carbocycles. The van der Waals surface area contributed by atoms with E-state index in [4.69, 9.17) is 0 Å². The summed E-state index contributed by atoms with van der Waals surface area (Å²) < 4.78 is 0. The molecule has 0 aliphatic heterocycles. The highest BCUT2D eigenvalue weighted by Crippen LogP contribution is 2.53. The number of allylic oxidation sites excluding steroid dienone is 2. The van der Waals surface area contributed by atoms with Crippen LogP contribution < -0.4 is 0 Å². The number of hydrogen-bond donors (Lipinski definition) is 0. The summed E-state index contributed by atoms with van der Waals surface area (Å²) >= 11 is 0. The van der Waals surface area contributed by atoms with Gasteiger partial charge in [0.25, 0.3) is 0 Å². The van der Waals surface area contributed by atoms with Gasteiger partial charge in [-0.2, -0.15) is 0 Å². The van der Waals surface area contributed by atoms with E-state index in [1.807, 2.05) is 0 Å². The van der Waals surface area contributed by atoms with E-state index in [1.165, 1.54) is 36.0 Å². The van der Waals surface area contributed by atoms with Crippen molar-refractivity contribution >= 4 is 5.57 Å². The Morgan fingerprint density at radius 1 is 1.29 bits per heavy atom. The summed E-state index contributed by atoms with van der Waals surface area (Å²) in [5, 5.41) is 0. The Morgan fingerprint density at radius 2 is 2.00 bits per heavy atom. The molecule has 0 aromatic heterocycles. The lowest BCUT2D eigenvalue weighted by molar-refractivity contribution is 0.909. The van der Waals surface area contributed by atoms with Gasteiger partial charge in [0.15, 0.2) is 0 Å². The lowest BCUT2D eigenvalue weighted by atomic mass is 9.94. The fourth-order valence-electron chi connectivity index (χ4n) is 2.96. The van der Waals surface area contributed by atoms with Gasteiger partial charge in [-0.25, -0.2) is 0 Å². The smallest absolute Gasteiger partial charge is 0.0128 e. The zero-order chi connectivity index (χ0) is 12.0. The average Bonchev–Trinajstić information content (AvgIpc) is 3.21. The van der Waals surface area contributed by atoms with Gasteiger partial charge in [0.05, 0.1) is 0 Å². The fourth-order valence-corrected chi connectivity index (χ4v) is 2.96. The quantitative estimate of drug-likeness (QED) is 0.697. The van der Waals surface area contributed by atoms with Gasteiger partial charge in [-0.1, -0.05) is 37.6 Å². The van der Waals surface area contributed by atoms with Gasteiger partial charge in [0.1, 0.15) is 0 Å². The first-order chi connectivity index (χ1) is 8.20. The molecule has 3 rings (SSSR count). The maximum atomic E-state index is 2.45. The number of rotatable bonds is 3. The van der Waals surface area contributed by atoms with Gasteiger partial charge in [-0.15, -0.1) is 0 Å². The maximum absolute atomic E-state index is 2.45. The largest absolute Gasteiger partial charge is 0.0655 e. The Labute approximate surface area is 105 Å². The van der Waals surface area contributed by atoms with Crippen molar-refractivity contribution < 1.29 is 0 Å². The summed E-state index contributed by atoms with van der Waals surface area (Å²) in [6, 6.07) is 7.10. The van der Waals surface area contributed by atoms with Crippen LogP contribution in [0.5, 0.6) is 0 Å². The van der Waals surface area contributed by atoms with Crippen molar-refractivity contribution in [3.63, 3.8) is 0 Å². The number of aryl methyl sites for hydroxylation is 2. The molecule has 2 fully saturated rings. The number of benzene rings is 1. The van der Waals surface area contributed by atoms with E-state index in [9.17, 15) is 0 Å². The lowest BCUT2D eigenvalue weighted by Crippen LogP contribution is -1.93. The minimum atomic E-state index is 0.875. The Kier molecular flexibility index (Phi) is 2.61. The van der Waals surface area contributed by atoms with Crippen LogP contribution in [-0.2, 0) is 6.42 Å². The first-order valence-corrected chi connectivity index (χ1v) is 7.02. The SMILES string of the molecule is CCc1cc(C(=C2CC2)C2CC2C)ccc1C. The second kappa shape index (κ2) is 4.01. The molecular formula is C17H22. The molecule has 0 nitrogen and oxygen atoms in total. The van der Waals surface area contributed by atoms with Crippen LogP contribution in [0, 0.1) is 18.8 Å². The molecule has 0 saturated heterocycles. The Balaban J connectivity index is 2.00. The van der Waals surface area contributed by atoms with E-state index >= 15 is 0 Å². The number of hydrogen-bond acceptors (Lipinski definition) is 0. The van der Waals surface area contributed by atoms with Crippen LogP contribution in [0.1, 0.15) is 49.8 Å². The fraction of sp³-hybridized carbons (Fsp3) is 0.529. The summed E-state index contributed by atoms with van der Waals surface area (Å²) in [5.74, 6) is 1.80. The molecular weight excluding hydrogens is 204 g/mol. The van der Waals surface area contributed by atoms with Crippen LogP contribution in [-0.4, -0.2) is 0 Å². The van der Waals surface area contributed by atoms with Crippen LogP contribution in [0.15, 0.2) is 23.8 Å². The van der Waals surface area contributed by atoms with E-state index in [0.717, 1.165) is 18.3 Å². The third-order valence-electron chi connectivity index (χ3n) is 4.40. The Bertz CT molecular complexity index is 473. The molecule has 0 heteroatoms. The highest BCUT2D eigenvalue weighted by molar-refractivity contribution is 5.75. The molecule has 0 radical (unpaired) electrons. The molecule has 1 aromatic rings. The summed E-state index contributed by atoms with van der Waals surface area (Å²) in [6.07, 6.45) is 5.28. The molecule has 1 aromatic carbocycles. The minimum absolute atomic E-state index is 0.875. The van der Waals surface area contributed by atoms with Gasteiger partial charge in [-0.05, 0) is 66.7 Å². The normalized spacial score (nSPS) is 25.9. The van der Waals surface area contributed by atoms with Crippen LogP contribution in [0.4, 0.5) is 0 Å². The average molecular weight is 226 g/mol. The standard InChI is InChI=1S/C17H22/c1-4-13-10-15(6-5-11(13)2)17(14-7-8-14)16-9-12(16)3/h5-6,10,12,16H,4,7-9H2,1-3H3. The monoisotopic (exact) mass is 226 g/mol. The van der Waals surface area contributed by atoms with Crippen molar-refractivity contribution in [2.75, 3.05) is 0 Å². The molecule has 90 valence electrons. The van der Waals surface area contributed by atoms with Gasteiger partial charge in [-0.3, -0.25) is 0 Å². The highest BCUT2D eigenvalue weighted by Gasteiger charge is 2.39. The first kappa shape index (κ1) is 11.1. The van der Waals surface area contributed by atoms with Crippen LogP contribution >= 0.6 is 0 Å². The zero-order valence-corrected chi connectivity index (χ0v) is 11.2. The molecule has 0 heterocycles. The van der Waals surface area contributed by atoms with Crippen molar-refractivity contribution in [2.24, 2.45) is 11.8 Å². The van der Waals surface area contributed by atoms with Crippen molar-refractivity contribution in [3.8, 4) is 0 Å². The Hall–Kier alpha value is -1.04.